The molecule has 9 heavy (non-hydrogen) atoms. The van der Waals surface area contributed by atoms with Gasteiger partial charge in [-0.15, -0.1) is 0 Å². The third-order valence-corrected chi connectivity index (χ3v) is 0.962. The summed E-state index contributed by atoms with van der Waals surface area (Å²) >= 11 is 0. The molecule has 0 saturated heterocycles. The van der Waals surface area contributed by atoms with Crippen LogP contribution in [0.15, 0.2) is 0 Å². The van der Waals surface area contributed by atoms with Crippen LogP contribution in [0, 0.1) is 0 Å². The molecule has 0 amide bonds. The van der Waals surface area contributed by atoms with Crippen molar-refractivity contribution in [2.24, 2.45) is 0 Å². The van der Waals surface area contributed by atoms with Crippen LogP contribution in [0.4, 0.5) is 0 Å². The SMILES string of the molecule is CNCCCOCNC. The van der Waals surface area contributed by atoms with Crippen LogP contribution < -0.4 is 10.6 Å². The molecule has 0 unspecified atom stereocenters. The fourth-order valence-corrected chi connectivity index (χ4v) is 0.525. The average Bonchev–Trinajstić information content (AvgIpc) is 1.89. The van der Waals surface area contributed by atoms with Crippen molar-refractivity contribution in [1.82, 2.24) is 10.6 Å². The highest BCUT2D eigenvalue weighted by atomic mass is 16.5. The van der Waals surface area contributed by atoms with Crippen LogP contribution in [0.5, 0.6) is 0 Å². The lowest BCUT2D eigenvalue weighted by Gasteiger charge is -2.01. The summed E-state index contributed by atoms with van der Waals surface area (Å²) in [6.07, 6.45) is 1.08. The topological polar surface area (TPSA) is 33.3 Å². The normalized spacial score (nSPS) is 10.0. The van der Waals surface area contributed by atoms with Gasteiger partial charge in [-0.2, -0.15) is 0 Å². The summed E-state index contributed by atoms with van der Waals surface area (Å²) in [7, 11) is 3.82. The van der Waals surface area contributed by atoms with E-state index < -0.39 is 0 Å². The monoisotopic (exact) mass is 132 g/mol. The molecule has 0 fully saturated rings. The highest BCUT2D eigenvalue weighted by Crippen LogP contribution is 1.76. The van der Waals surface area contributed by atoms with E-state index in [4.69, 9.17) is 4.74 Å². The van der Waals surface area contributed by atoms with Crippen LogP contribution in [-0.2, 0) is 4.74 Å². The van der Waals surface area contributed by atoms with Crippen molar-refractivity contribution in [3.05, 3.63) is 0 Å². The summed E-state index contributed by atoms with van der Waals surface area (Å²) in [5.41, 5.74) is 0. The fraction of sp³-hybridized carbons (Fsp3) is 1.00. The van der Waals surface area contributed by atoms with E-state index in [0.29, 0.717) is 6.73 Å². The van der Waals surface area contributed by atoms with Crippen molar-refractivity contribution >= 4 is 0 Å². The minimum absolute atomic E-state index is 0.656. The Morgan fingerprint density at radius 3 is 2.56 bits per heavy atom. The van der Waals surface area contributed by atoms with E-state index in [0.717, 1.165) is 19.6 Å². The van der Waals surface area contributed by atoms with E-state index in [-0.39, 0.29) is 0 Å². The van der Waals surface area contributed by atoms with Gasteiger partial charge in [-0.3, -0.25) is 5.32 Å². The van der Waals surface area contributed by atoms with Gasteiger partial charge in [0, 0.05) is 6.61 Å². The molecule has 2 N–H and O–H groups in total. The zero-order valence-corrected chi connectivity index (χ0v) is 6.24. The summed E-state index contributed by atoms with van der Waals surface area (Å²) in [4.78, 5) is 0. The van der Waals surface area contributed by atoms with Gasteiger partial charge >= 0.3 is 0 Å². The Labute approximate surface area is 56.8 Å². The molecular weight excluding hydrogens is 116 g/mol. The van der Waals surface area contributed by atoms with Crippen LogP contribution in [0.3, 0.4) is 0 Å². The van der Waals surface area contributed by atoms with E-state index in [9.17, 15) is 0 Å². The molecule has 0 aliphatic rings. The van der Waals surface area contributed by atoms with E-state index in [1.807, 2.05) is 14.1 Å². The second kappa shape index (κ2) is 7.88. The molecule has 0 aliphatic carbocycles. The van der Waals surface area contributed by atoms with Crippen LogP contribution >= 0.6 is 0 Å². The highest BCUT2D eigenvalue weighted by molar-refractivity contribution is 4.37. The summed E-state index contributed by atoms with van der Waals surface area (Å²) in [6, 6.07) is 0. The Hall–Kier alpha value is -0.120. The second-order valence-electron chi connectivity index (χ2n) is 1.86. The molecule has 0 radical (unpaired) electrons. The number of rotatable bonds is 6. The number of hydrogen-bond donors (Lipinski definition) is 2. The maximum Gasteiger partial charge on any atom is 0.0962 e. The van der Waals surface area contributed by atoms with Crippen molar-refractivity contribution in [2.75, 3.05) is 34.0 Å². The number of nitrogens with one attached hydrogen (secondary N) is 2. The molecule has 56 valence electrons. The standard InChI is InChI=1S/C6H16N2O/c1-7-4-3-5-9-6-8-2/h7-8H,3-6H2,1-2H3. The zero-order valence-electron chi connectivity index (χ0n) is 6.24. The summed E-state index contributed by atoms with van der Waals surface area (Å²) in [5.74, 6) is 0. The third kappa shape index (κ3) is 7.88. The summed E-state index contributed by atoms with van der Waals surface area (Å²) in [6.45, 7) is 2.52. The van der Waals surface area contributed by atoms with Crippen molar-refractivity contribution in [2.45, 2.75) is 6.42 Å². The largest absolute Gasteiger partial charge is 0.366 e. The van der Waals surface area contributed by atoms with Crippen molar-refractivity contribution < 1.29 is 4.74 Å². The first-order valence-electron chi connectivity index (χ1n) is 3.28. The molecule has 0 rings (SSSR count). The van der Waals surface area contributed by atoms with Gasteiger partial charge in [-0.1, -0.05) is 0 Å². The van der Waals surface area contributed by atoms with E-state index in [2.05, 4.69) is 10.6 Å². The number of ether oxygens (including phenoxy) is 1. The molecule has 0 atom stereocenters. The lowest BCUT2D eigenvalue weighted by molar-refractivity contribution is 0.120. The minimum Gasteiger partial charge on any atom is -0.366 e. The van der Waals surface area contributed by atoms with Crippen LogP contribution in [-0.4, -0.2) is 34.0 Å². The van der Waals surface area contributed by atoms with Gasteiger partial charge in [-0.05, 0) is 27.1 Å². The zero-order chi connectivity index (χ0) is 6.95. The molecule has 3 nitrogen and oxygen atoms in total. The molecule has 0 spiro atoms. The van der Waals surface area contributed by atoms with Crippen molar-refractivity contribution in [3.8, 4) is 0 Å². The van der Waals surface area contributed by atoms with E-state index >= 15 is 0 Å². The molecule has 0 aromatic carbocycles. The first kappa shape index (κ1) is 8.88. The molecule has 0 bridgehead atoms. The fourth-order valence-electron chi connectivity index (χ4n) is 0.525. The highest BCUT2D eigenvalue weighted by Gasteiger charge is 1.83. The average molecular weight is 132 g/mol. The van der Waals surface area contributed by atoms with Gasteiger partial charge in [0.05, 0.1) is 6.73 Å². The van der Waals surface area contributed by atoms with Gasteiger partial charge in [0.1, 0.15) is 0 Å². The molecular formula is C6H16N2O. The van der Waals surface area contributed by atoms with Crippen LogP contribution in [0.25, 0.3) is 0 Å². The molecule has 0 saturated carbocycles. The number of hydrogen-bond acceptors (Lipinski definition) is 3. The quantitative estimate of drug-likeness (QED) is 0.387. The Balaban J connectivity index is 2.60. The minimum atomic E-state index is 0.656. The predicted octanol–water partition coefficient (Wildman–Crippen LogP) is -0.211. The lowest BCUT2D eigenvalue weighted by atomic mass is 10.5. The maximum absolute atomic E-state index is 5.13. The van der Waals surface area contributed by atoms with Gasteiger partial charge in [0.15, 0.2) is 0 Å². The Morgan fingerprint density at radius 1 is 1.22 bits per heavy atom. The summed E-state index contributed by atoms with van der Waals surface area (Å²) < 4.78 is 5.13. The van der Waals surface area contributed by atoms with Crippen LogP contribution in [0.2, 0.25) is 0 Å². The first-order valence-corrected chi connectivity index (χ1v) is 3.28. The third-order valence-electron chi connectivity index (χ3n) is 0.962. The lowest BCUT2D eigenvalue weighted by Crippen LogP contribution is -2.15. The van der Waals surface area contributed by atoms with E-state index in [1.54, 1.807) is 0 Å². The molecule has 3 heteroatoms. The van der Waals surface area contributed by atoms with Crippen LogP contribution in [0.1, 0.15) is 6.42 Å². The van der Waals surface area contributed by atoms with Crippen molar-refractivity contribution in [3.63, 3.8) is 0 Å². The van der Waals surface area contributed by atoms with E-state index in [1.165, 1.54) is 0 Å². The summed E-state index contributed by atoms with van der Waals surface area (Å²) in [5, 5.41) is 5.95. The maximum atomic E-state index is 5.13. The predicted molar refractivity (Wildman–Crippen MR) is 38.4 cm³/mol. The first-order chi connectivity index (χ1) is 4.41. The molecule has 0 aliphatic heterocycles. The Kier molecular flexibility index (Phi) is 7.77. The second-order valence-corrected chi connectivity index (χ2v) is 1.86. The van der Waals surface area contributed by atoms with Gasteiger partial charge in [-0.25, -0.2) is 0 Å². The Morgan fingerprint density at radius 2 is 2.00 bits per heavy atom. The molecule has 0 aromatic heterocycles. The van der Waals surface area contributed by atoms with Gasteiger partial charge < -0.3 is 10.1 Å². The smallest absolute Gasteiger partial charge is 0.0962 e. The van der Waals surface area contributed by atoms with Gasteiger partial charge in [0.2, 0.25) is 0 Å². The molecule has 0 aromatic rings. The van der Waals surface area contributed by atoms with Gasteiger partial charge in [0.25, 0.3) is 0 Å². The van der Waals surface area contributed by atoms with Crippen molar-refractivity contribution in [1.29, 1.82) is 0 Å². The Bertz CT molecular complexity index is 44.3. The molecule has 0 heterocycles.